The highest BCUT2D eigenvalue weighted by Gasteiger charge is 2.25. The van der Waals surface area contributed by atoms with Crippen LogP contribution in [0.3, 0.4) is 0 Å². The molecule has 3 aromatic rings. The van der Waals surface area contributed by atoms with Crippen molar-refractivity contribution in [2.45, 2.75) is 26.5 Å². The van der Waals surface area contributed by atoms with Crippen LogP contribution in [-0.2, 0) is 11.4 Å². The van der Waals surface area contributed by atoms with Gasteiger partial charge in [-0.15, -0.1) is 0 Å². The Balaban J connectivity index is 1.66. The molecule has 0 spiro atoms. The van der Waals surface area contributed by atoms with Gasteiger partial charge in [-0.25, -0.2) is 5.43 Å². The number of rotatable bonds is 10. The molecule has 0 aliphatic heterocycles. The Morgan fingerprint density at radius 2 is 1.81 bits per heavy atom. The van der Waals surface area contributed by atoms with E-state index < -0.39 is 22.8 Å². The Morgan fingerprint density at radius 3 is 2.46 bits per heavy atom. The summed E-state index contributed by atoms with van der Waals surface area (Å²) in [6, 6.07) is 17.1. The van der Waals surface area contributed by atoms with Gasteiger partial charge < -0.3 is 10.1 Å². The van der Waals surface area contributed by atoms with Crippen LogP contribution in [0.5, 0.6) is 5.75 Å². The van der Waals surface area contributed by atoms with E-state index in [0.29, 0.717) is 10.6 Å². The fourth-order valence-electron chi connectivity index (χ4n) is 3.28. The first-order valence-electron chi connectivity index (χ1n) is 11.2. The molecule has 11 heteroatoms. The molecule has 0 saturated heterocycles. The van der Waals surface area contributed by atoms with Crippen LogP contribution in [0.15, 0.2) is 71.8 Å². The Bertz CT molecular complexity index is 1320. The van der Waals surface area contributed by atoms with E-state index in [1.165, 1.54) is 36.5 Å². The van der Waals surface area contributed by atoms with Crippen LogP contribution in [0.4, 0.5) is 5.69 Å². The Kier molecular flexibility index (Phi) is 9.59. The number of ether oxygens (including phenoxy) is 1. The molecule has 0 fully saturated rings. The topological polar surface area (TPSA) is 123 Å². The number of nitrogens with one attached hydrogen (secondary N) is 2. The van der Waals surface area contributed by atoms with Crippen LogP contribution in [0.25, 0.3) is 0 Å². The highest BCUT2D eigenvalue weighted by Crippen LogP contribution is 2.28. The summed E-state index contributed by atoms with van der Waals surface area (Å²) in [4.78, 5) is 36.3. The van der Waals surface area contributed by atoms with Gasteiger partial charge in [0.1, 0.15) is 12.6 Å². The number of nitro groups is 1. The third kappa shape index (κ3) is 7.77. The molecule has 2 N–H and O–H groups in total. The third-order valence-corrected chi connectivity index (χ3v) is 5.76. The standard InChI is InChI=1S/C26H24Cl2N4O5/c1-16(2)24(30-25(33)20-10-9-19(27)13-21(20)28)26(34)31-29-14-18-8-11-23(22(12-18)32(35)36)37-15-17-6-4-3-5-7-17/h3-14,16,24H,15H2,1-2H3,(H,30,33)(H,31,34). The first-order chi connectivity index (χ1) is 17.7. The van der Waals surface area contributed by atoms with Crippen LogP contribution in [0, 0.1) is 16.0 Å². The lowest BCUT2D eigenvalue weighted by molar-refractivity contribution is -0.385. The maximum absolute atomic E-state index is 12.7. The summed E-state index contributed by atoms with van der Waals surface area (Å²) < 4.78 is 5.62. The maximum atomic E-state index is 12.7. The molecule has 0 aliphatic rings. The van der Waals surface area contributed by atoms with Crippen molar-refractivity contribution in [1.82, 2.24) is 10.7 Å². The van der Waals surface area contributed by atoms with Crippen LogP contribution >= 0.6 is 23.2 Å². The Labute approximate surface area is 223 Å². The van der Waals surface area contributed by atoms with Crippen LogP contribution in [-0.4, -0.2) is 29.0 Å². The second-order valence-electron chi connectivity index (χ2n) is 8.31. The van der Waals surface area contributed by atoms with Gasteiger partial charge >= 0.3 is 5.69 Å². The Morgan fingerprint density at radius 1 is 1.08 bits per heavy atom. The lowest BCUT2D eigenvalue weighted by Crippen LogP contribution is -2.48. The molecule has 0 heterocycles. The summed E-state index contributed by atoms with van der Waals surface area (Å²) in [5.41, 5.74) is 3.54. The van der Waals surface area contributed by atoms with Crippen molar-refractivity contribution >= 4 is 46.9 Å². The molecule has 9 nitrogen and oxygen atoms in total. The second-order valence-corrected chi connectivity index (χ2v) is 9.16. The molecule has 192 valence electrons. The van der Waals surface area contributed by atoms with Crippen molar-refractivity contribution in [2.75, 3.05) is 0 Å². The van der Waals surface area contributed by atoms with Gasteiger partial charge in [0.05, 0.1) is 21.7 Å². The van der Waals surface area contributed by atoms with E-state index in [9.17, 15) is 19.7 Å². The normalized spacial score (nSPS) is 11.8. The first-order valence-corrected chi connectivity index (χ1v) is 11.9. The van der Waals surface area contributed by atoms with Crippen molar-refractivity contribution < 1.29 is 19.2 Å². The van der Waals surface area contributed by atoms with E-state index in [1.807, 2.05) is 30.3 Å². The van der Waals surface area contributed by atoms with E-state index in [2.05, 4.69) is 15.8 Å². The quantitative estimate of drug-likeness (QED) is 0.202. The fourth-order valence-corrected chi connectivity index (χ4v) is 3.78. The van der Waals surface area contributed by atoms with Crippen LogP contribution < -0.4 is 15.5 Å². The van der Waals surface area contributed by atoms with E-state index in [-0.39, 0.29) is 34.5 Å². The molecule has 0 aromatic heterocycles. The average Bonchev–Trinajstić information content (AvgIpc) is 2.86. The number of hydrogen-bond acceptors (Lipinski definition) is 6. The van der Waals surface area contributed by atoms with Gasteiger partial charge in [0.25, 0.3) is 11.8 Å². The van der Waals surface area contributed by atoms with Crippen molar-refractivity contribution in [2.24, 2.45) is 11.0 Å². The minimum atomic E-state index is -0.917. The van der Waals surface area contributed by atoms with Gasteiger partial charge in [0.2, 0.25) is 0 Å². The van der Waals surface area contributed by atoms with E-state index in [4.69, 9.17) is 27.9 Å². The fraction of sp³-hybridized carbons (Fsp3) is 0.192. The highest BCUT2D eigenvalue weighted by molar-refractivity contribution is 6.36. The van der Waals surface area contributed by atoms with Crippen molar-refractivity contribution in [3.05, 3.63) is 104 Å². The number of benzene rings is 3. The molecule has 37 heavy (non-hydrogen) atoms. The smallest absolute Gasteiger partial charge is 0.311 e. The molecule has 0 bridgehead atoms. The predicted molar refractivity (Wildman–Crippen MR) is 142 cm³/mol. The molecule has 3 rings (SSSR count). The zero-order valence-electron chi connectivity index (χ0n) is 20.0. The van der Waals surface area contributed by atoms with Crippen molar-refractivity contribution in [1.29, 1.82) is 0 Å². The minimum absolute atomic E-state index is 0.110. The van der Waals surface area contributed by atoms with Gasteiger partial charge in [0, 0.05) is 16.7 Å². The van der Waals surface area contributed by atoms with Gasteiger partial charge in [0.15, 0.2) is 5.75 Å². The molecule has 1 unspecified atom stereocenters. The Hall–Kier alpha value is -3.95. The van der Waals surface area contributed by atoms with Gasteiger partial charge in [-0.3, -0.25) is 19.7 Å². The molecule has 3 aromatic carbocycles. The number of hydrazone groups is 1. The zero-order chi connectivity index (χ0) is 26.9. The lowest BCUT2D eigenvalue weighted by Gasteiger charge is -2.20. The monoisotopic (exact) mass is 542 g/mol. The second kappa shape index (κ2) is 12.8. The van der Waals surface area contributed by atoms with Crippen molar-refractivity contribution in [3.8, 4) is 5.75 Å². The lowest BCUT2D eigenvalue weighted by atomic mass is 10.0. The summed E-state index contributed by atoms with van der Waals surface area (Å²) in [6.45, 7) is 3.69. The van der Waals surface area contributed by atoms with E-state index in [0.717, 1.165) is 5.56 Å². The van der Waals surface area contributed by atoms with Gasteiger partial charge in [-0.05, 0) is 41.8 Å². The van der Waals surface area contributed by atoms with E-state index >= 15 is 0 Å². The summed E-state index contributed by atoms with van der Waals surface area (Å²) >= 11 is 12.0. The summed E-state index contributed by atoms with van der Waals surface area (Å²) in [6.07, 6.45) is 1.27. The SMILES string of the molecule is CC(C)C(NC(=O)c1ccc(Cl)cc1Cl)C(=O)NN=Cc1ccc(OCc2ccccc2)c([N+](=O)[O-])c1. The summed E-state index contributed by atoms with van der Waals surface area (Å²) in [7, 11) is 0. The molecule has 2 amide bonds. The summed E-state index contributed by atoms with van der Waals surface area (Å²) in [5, 5.41) is 18.6. The maximum Gasteiger partial charge on any atom is 0.311 e. The largest absolute Gasteiger partial charge is 0.482 e. The summed E-state index contributed by atoms with van der Waals surface area (Å²) in [5.74, 6) is -1.27. The first kappa shape index (κ1) is 27.6. The van der Waals surface area contributed by atoms with Crippen LogP contribution in [0.1, 0.15) is 35.3 Å². The van der Waals surface area contributed by atoms with Gasteiger partial charge in [-0.1, -0.05) is 67.4 Å². The van der Waals surface area contributed by atoms with Crippen molar-refractivity contribution in [3.63, 3.8) is 0 Å². The molecular weight excluding hydrogens is 519 g/mol. The number of hydrogen-bond donors (Lipinski definition) is 2. The number of halogens is 2. The molecule has 0 saturated carbocycles. The predicted octanol–water partition coefficient (Wildman–Crippen LogP) is 5.39. The van der Waals surface area contributed by atoms with E-state index in [1.54, 1.807) is 19.9 Å². The molecular formula is C26H24Cl2N4O5. The molecule has 1 atom stereocenters. The number of nitrogens with zero attached hydrogens (tertiary/aromatic N) is 2. The molecule has 0 aliphatic carbocycles. The van der Waals surface area contributed by atoms with Crippen LogP contribution in [0.2, 0.25) is 10.0 Å². The van der Waals surface area contributed by atoms with Gasteiger partial charge in [-0.2, -0.15) is 5.10 Å². The number of amides is 2. The number of nitro benzene ring substituents is 1. The zero-order valence-corrected chi connectivity index (χ0v) is 21.5. The number of carbonyl (C=O) groups is 2. The number of carbonyl (C=O) groups excluding carboxylic acids is 2. The molecule has 0 radical (unpaired) electrons. The minimum Gasteiger partial charge on any atom is -0.482 e. The highest BCUT2D eigenvalue weighted by atomic mass is 35.5. The third-order valence-electron chi connectivity index (χ3n) is 5.22. The average molecular weight is 543 g/mol.